The number of nitrogens with one attached hydrogen (secondary N) is 2. The summed E-state index contributed by atoms with van der Waals surface area (Å²) in [7, 11) is 0. The number of aromatic nitrogens is 2. The predicted octanol–water partition coefficient (Wildman–Crippen LogP) is 1.91. The van der Waals surface area contributed by atoms with Gasteiger partial charge in [-0.2, -0.15) is 0 Å². The van der Waals surface area contributed by atoms with E-state index in [4.69, 9.17) is 5.73 Å². The summed E-state index contributed by atoms with van der Waals surface area (Å²) in [6.45, 7) is 0. The van der Waals surface area contributed by atoms with Crippen molar-refractivity contribution in [3.05, 3.63) is 59.9 Å². The molecule has 3 aromatic rings. The number of benzene rings is 2. The highest BCUT2D eigenvalue weighted by Gasteiger charge is 2.15. The van der Waals surface area contributed by atoms with Gasteiger partial charge in [-0.15, -0.1) is 0 Å². The summed E-state index contributed by atoms with van der Waals surface area (Å²) in [6.07, 6.45) is 0. The molecule has 21 heavy (non-hydrogen) atoms. The molecule has 6 nitrogen and oxygen atoms in total. The third-order valence-corrected chi connectivity index (χ3v) is 3.02. The van der Waals surface area contributed by atoms with Crippen molar-refractivity contribution < 1.29 is 9.59 Å². The van der Waals surface area contributed by atoms with Crippen LogP contribution in [0.1, 0.15) is 21.0 Å². The molecule has 1 heterocycles. The number of fused-ring (bicyclic) bond motifs is 1. The first-order valence-corrected chi connectivity index (χ1v) is 6.30. The van der Waals surface area contributed by atoms with E-state index < -0.39 is 5.91 Å². The van der Waals surface area contributed by atoms with Crippen LogP contribution in [0.2, 0.25) is 0 Å². The largest absolute Gasteiger partial charge is 0.366 e. The number of hydrogen-bond acceptors (Lipinski definition) is 3. The number of nitrogens with zero attached hydrogens (tertiary/aromatic N) is 1. The highest BCUT2D eigenvalue weighted by molar-refractivity contribution is 6.07. The van der Waals surface area contributed by atoms with Gasteiger partial charge in [-0.3, -0.25) is 9.59 Å². The number of imidazole rings is 1. The average molecular weight is 280 g/mol. The van der Waals surface area contributed by atoms with Crippen LogP contribution in [0.15, 0.2) is 48.5 Å². The van der Waals surface area contributed by atoms with Gasteiger partial charge in [0, 0.05) is 5.69 Å². The maximum atomic E-state index is 12.1. The lowest BCUT2D eigenvalue weighted by molar-refractivity contribution is 0.0996. The predicted molar refractivity (Wildman–Crippen MR) is 79.0 cm³/mol. The smallest absolute Gasteiger partial charge is 0.291 e. The van der Waals surface area contributed by atoms with E-state index in [1.165, 1.54) is 0 Å². The molecular formula is C15H12N4O2. The van der Waals surface area contributed by atoms with Gasteiger partial charge < -0.3 is 16.0 Å². The second kappa shape index (κ2) is 5.09. The molecule has 0 atom stereocenters. The Hall–Kier alpha value is -3.15. The number of carbonyl (C=O) groups excluding carboxylic acids is 2. The number of para-hydroxylation sites is 2. The molecule has 0 aliphatic heterocycles. The first kappa shape index (κ1) is 12.9. The molecule has 0 spiro atoms. The van der Waals surface area contributed by atoms with Crippen molar-refractivity contribution in [2.24, 2.45) is 5.73 Å². The van der Waals surface area contributed by atoms with Crippen LogP contribution in [0.4, 0.5) is 5.69 Å². The topological polar surface area (TPSA) is 101 Å². The Bertz CT molecular complexity index is 824. The van der Waals surface area contributed by atoms with E-state index in [2.05, 4.69) is 15.3 Å². The van der Waals surface area contributed by atoms with Crippen LogP contribution < -0.4 is 11.1 Å². The minimum absolute atomic E-state index is 0.127. The van der Waals surface area contributed by atoms with Crippen LogP contribution in [-0.2, 0) is 0 Å². The molecule has 0 saturated heterocycles. The first-order chi connectivity index (χ1) is 10.1. The SMILES string of the molecule is NC(=O)c1cccc2[nH]c(C(=O)Nc3ccccc3)nc12. The van der Waals surface area contributed by atoms with Gasteiger partial charge in [0.1, 0.15) is 5.52 Å². The molecule has 6 heteroatoms. The van der Waals surface area contributed by atoms with Crippen molar-refractivity contribution in [2.45, 2.75) is 0 Å². The summed E-state index contributed by atoms with van der Waals surface area (Å²) < 4.78 is 0. The summed E-state index contributed by atoms with van der Waals surface area (Å²) >= 11 is 0. The van der Waals surface area contributed by atoms with Gasteiger partial charge in [0.25, 0.3) is 11.8 Å². The number of amides is 2. The van der Waals surface area contributed by atoms with Gasteiger partial charge >= 0.3 is 0 Å². The summed E-state index contributed by atoms with van der Waals surface area (Å²) in [5, 5.41) is 2.72. The van der Waals surface area contributed by atoms with E-state index in [0.29, 0.717) is 16.7 Å². The Morgan fingerprint density at radius 1 is 1.05 bits per heavy atom. The number of H-pyrrole nitrogens is 1. The van der Waals surface area contributed by atoms with Crippen molar-refractivity contribution in [3.63, 3.8) is 0 Å². The molecule has 3 rings (SSSR count). The fourth-order valence-corrected chi connectivity index (χ4v) is 2.05. The quantitative estimate of drug-likeness (QED) is 0.683. The molecule has 0 unspecified atom stereocenters. The van der Waals surface area contributed by atoms with Crippen LogP contribution in [-0.4, -0.2) is 21.8 Å². The Labute approximate surface area is 120 Å². The number of rotatable bonds is 3. The van der Waals surface area contributed by atoms with Crippen molar-refractivity contribution in [1.29, 1.82) is 0 Å². The number of aromatic amines is 1. The van der Waals surface area contributed by atoms with Gasteiger partial charge in [-0.25, -0.2) is 4.98 Å². The first-order valence-electron chi connectivity index (χ1n) is 6.30. The summed E-state index contributed by atoms with van der Waals surface area (Å²) in [6, 6.07) is 14.0. The van der Waals surface area contributed by atoms with Crippen molar-refractivity contribution >= 4 is 28.5 Å². The zero-order valence-corrected chi connectivity index (χ0v) is 11.0. The minimum Gasteiger partial charge on any atom is -0.366 e. The molecule has 2 amide bonds. The van der Waals surface area contributed by atoms with Crippen molar-refractivity contribution in [3.8, 4) is 0 Å². The molecule has 2 aromatic carbocycles. The number of anilines is 1. The fourth-order valence-electron chi connectivity index (χ4n) is 2.05. The molecule has 0 radical (unpaired) electrons. The Kier molecular flexibility index (Phi) is 3.12. The van der Waals surface area contributed by atoms with Gasteiger partial charge in [0.2, 0.25) is 0 Å². The normalized spacial score (nSPS) is 10.5. The molecule has 4 N–H and O–H groups in total. The van der Waals surface area contributed by atoms with Gasteiger partial charge in [-0.1, -0.05) is 24.3 Å². The third kappa shape index (κ3) is 2.46. The maximum Gasteiger partial charge on any atom is 0.291 e. The summed E-state index contributed by atoms with van der Waals surface area (Å²) in [4.78, 5) is 30.5. The van der Waals surface area contributed by atoms with E-state index in [0.717, 1.165) is 0 Å². The van der Waals surface area contributed by atoms with Crippen LogP contribution in [0.25, 0.3) is 11.0 Å². The highest BCUT2D eigenvalue weighted by atomic mass is 16.2. The number of carbonyl (C=O) groups is 2. The van der Waals surface area contributed by atoms with E-state index in [-0.39, 0.29) is 17.3 Å². The van der Waals surface area contributed by atoms with E-state index in [9.17, 15) is 9.59 Å². The second-order valence-electron chi connectivity index (χ2n) is 4.47. The number of hydrogen-bond donors (Lipinski definition) is 3. The lowest BCUT2D eigenvalue weighted by Crippen LogP contribution is -2.14. The third-order valence-electron chi connectivity index (χ3n) is 3.02. The zero-order valence-electron chi connectivity index (χ0n) is 11.0. The standard InChI is InChI=1S/C15H12N4O2/c16-13(20)10-7-4-8-11-12(10)19-14(18-11)15(21)17-9-5-2-1-3-6-9/h1-8H,(H2,16,20)(H,17,21)(H,18,19). The minimum atomic E-state index is -0.581. The molecular weight excluding hydrogens is 268 g/mol. The molecule has 0 fully saturated rings. The second-order valence-corrected chi connectivity index (χ2v) is 4.47. The van der Waals surface area contributed by atoms with Crippen molar-refractivity contribution in [2.75, 3.05) is 5.32 Å². The average Bonchev–Trinajstić information content (AvgIpc) is 2.92. The Morgan fingerprint density at radius 2 is 1.81 bits per heavy atom. The van der Waals surface area contributed by atoms with Crippen LogP contribution in [0.5, 0.6) is 0 Å². The van der Waals surface area contributed by atoms with E-state index >= 15 is 0 Å². The lowest BCUT2D eigenvalue weighted by atomic mass is 10.2. The van der Waals surface area contributed by atoms with E-state index in [1.807, 2.05) is 18.2 Å². The highest BCUT2D eigenvalue weighted by Crippen LogP contribution is 2.17. The van der Waals surface area contributed by atoms with Crippen molar-refractivity contribution in [1.82, 2.24) is 9.97 Å². The molecule has 0 aliphatic rings. The number of nitrogens with two attached hydrogens (primary N) is 1. The summed E-state index contributed by atoms with van der Waals surface area (Å²) in [5.41, 5.74) is 7.22. The lowest BCUT2D eigenvalue weighted by Gasteiger charge is -2.01. The van der Waals surface area contributed by atoms with Crippen LogP contribution >= 0.6 is 0 Å². The molecule has 104 valence electrons. The maximum absolute atomic E-state index is 12.1. The molecule has 0 aliphatic carbocycles. The van der Waals surface area contributed by atoms with Crippen LogP contribution in [0, 0.1) is 0 Å². The van der Waals surface area contributed by atoms with Gasteiger partial charge in [0.05, 0.1) is 11.1 Å². The molecule has 1 aromatic heterocycles. The fraction of sp³-hybridized carbons (Fsp3) is 0. The number of primary amides is 1. The van der Waals surface area contributed by atoms with E-state index in [1.54, 1.807) is 30.3 Å². The Balaban J connectivity index is 1.96. The molecule has 0 bridgehead atoms. The zero-order chi connectivity index (χ0) is 14.8. The Morgan fingerprint density at radius 3 is 2.52 bits per heavy atom. The molecule has 0 saturated carbocycles. The van der Waals surface area contributed by atoms with Gasteiger partial charge in [0.15, 0.2) is 5.82 Å². The van der Waals surface area contributed by atoms with Crippen LogP contribution in [0.3, 0.4) is 0 Å². The summed E-state index contributed by atoms with van der Waals surface area (Å²) in [5.74, 6) is -0.836. The van der Waals surface area contributed by atoms with Gasteiger partial charge in [-0.05, 0) is 24.3 Å². The monoisotopic (exact) mass is 280 g/mol.